The van der Waals surface area contributed by atoms with Gasteiger partial charge in [-0.05, 0) is 50.6 Å². The van der Waals surface area contributed by atoms with E-state index in [1.807, 2.05) is 19.9 Å². The molecular formula is C18H18FNO3. The van der Waals surface area contributed by atoms with Crippen LogP contribution in [-0.2, 0) is 9.53 Å². The fourth-order valence-electron chi connectivity index (χ4n) is 2.22. The average Bonchev–Trinajstić information content (AvgIpc) is 2.47. The number of halogens is 1. The molecule has 0 aliphatic rings. The van der Waals surface area contributed by atoms with Crippen LogP contribution in [0.5, 0.6) is 0 Å². The minimum Gasteiger partial charge on any atom is -0.452 e. The summed E-state index contributed by atoms with van der Waals surface area (Å²) in [5.74, 6) is -1.53. The van der Waals surface area contributed by atoms with Gasteiger partial charge in [0.2, 0.25) is 0 Å². The van der Waals surface area contributed by atoms with Gasteiger partial charge in [-0.15, -0.1) is 0 Å². The summed E-state index contributed by atoms with van der Waals surface area (Å²) >= 11 is 0. The van der Waals surface area contributed by atoms with E-state index in [0.717, 1.165) is 16.7 Å². The van der Waals surface area contributed by atoms with E-state index >= 15 is 0 Å². The molecule has 23 heavy (non-hydrogen) atoms. The number of benzene rings is 2. The molecule has 0 spiro atoms. The summed E-state index contributed by atoms with van der Waals surface area (Å²) in [6.07, 6.45) is 0. The van der Waals surface area contributed by atoms with Crippen molar-refractivity contribution in [3.63, 3.8) is 0 Å². The van der Waals surface area contributed by atoms with Gasteiger partial charge in [0.05, 0.1) is 5.56 Å². The van der Waals surface area contributed by atoms with Crippen LogP contribution in [-0.4, -0.2) is 18.5 Å². The molecule has 120 valence electrons. The van der Waals surface area contributed by atoms with Crippen molar-refractivity contribution < 1.29 is 18.7 Å². The molecule has 0 aromatic heterocycles. The van der Waals surface area contributed by atoms with Crippen molar-refractivity contribution in [3.05, 3.63) is 64.5 Å². The molecule has 2 aromatic rings. The van der Waals surface area contributed by atoms with Crippen molar-refractivity contribution in [2.45, 2.75) is 20.8 Å². The number of carbonyl (C=O) groups is 2. The third-order valence-corrected chi connectivity index (χ3v) is 3.27. The first-order valence-corrected chi connectivity index (χ1v) is 7.16. The first kappa shape index (κ1) is 16.7. The van der Waals surface area contributed by atoms with Gasteiger partial charge in [0.15, 0.2) is 6.61 Å². The Morgan fingerprint density at radius 3 is 2.35 bits per heavy atom. The van der Waals surface area contributed by atoms with Gasteiger partial charge in [-0.2, -0.15) is 0 Å². The molecule has 0 saturated carbocycles. The van der Waals surface area contributed by atoms with Crippen LogP contribution in [0, 0.1) is 26.6 Å². The van der Waals surface area contributed by atoms with Crippen LogP contribution in [0.15, 0.2) is 36.4 Å². The topological polar surface area (TPSA) is 55.4 Å². The summed E-state index contributed by atoms with van der Waals surface area (Å²) < 4.78 is 18.2. The highest BCUT2D eigenvalue weighted by molar-refractivity contribution is 5.96. The number of hydrogen-bond donors (Lipinski definition) is 1. The molecular weight excluding hydrogens is 297 g/mol. The third-order valence-electron chi connectivity index (χ3n) is 3.27. The van der Waals surface area contributed by atoms with Gasteiger partial charge in [-0.25, -0.2) is 9.18 Å². The number of esters is 1. The van der Waals surface area contributed by atoms with Crippen molar-refractivity contribution in [2.75, 3.05) is 11.9 Å². The zero-order valence-corrected chi connectivity index (χ0v) is 13.3. The summed E-state index contributed by atoms with van der Waals surface area (Å²) in [7, 11) is 0. The number of aryl methyl sites for hydroxylation is 3. The lowest BCUT2D eigenvalue weighted by Gasteiger charge is -2.09. The van der Waals surface area contributed by atoms with Gasteiger partial charge in [0.1, 0.15) is 5.82 Å². The Hall–Kier alpha value is -2.69. The monoisotopic (exact) mass is 315 g/mol. The van der Waals surface area contributed by atoms with Gasteiger partial charge in [-0.1, -0.05) is 23.3 Å². The number of nitrogens with one attached hydrogen (secondary N) is 1. The summed E-state index contributed by atoms with van der Waals surface area (Å²) in [5.41, 5.74) is 3.36. The van der Waals surface area contributed by atoms with Crippen LogP contribution in [0.4, 0.5) is 10.1 Å². The Kier molecular flexibility index (Phi) is 5.11. The second kappa shape index (κ2) is 7.05. The summed E-state index contributed by atoms with van der Waals surface area (Å²) in [6.45, 7) is 5.07. The van der Waals surface area contributed by atoms with E-state index in [2.05, 4.69) is 5.32 Å². The summed E-state index contributed by atoms with van der Waals surface area (Å²) in [6, 6.07) is 9.43. The van der Waals surface area contributed by atoms with Crippen molar-refractivity contribution >= 4 is 17.6 Å². The molecule has 2 rings (SSSR count). The highest BCUT2D eigenvalue weighted by atomic mass is 19.1. The molecule has 0 unspecified atom stereocenters. The first-order valence-electron chi connectivity index (χ1n) is 7.16. The van der Waals surface area contributed by atoms with E-state index in [9.17, 15) is 14.0 Å². The molecule has 0 atom stereocenters. The Labute approximate surface area is 134 Å². The standard InChI is InChI=1S/C18H18FNO3/c1-11-6-12(2)8-14(7-11)18(22)23-10-17(21)20-16-9-15(19)5-4-13(16)3/h4-9H,10H2,1-3H3,(H,20,21). The minimum absolute atomic E-state index is 0.359. The lowest BCUT2D eigenvalue weighted by molar-refractivity contribution is -0.119. The van der Waals surface area contributed by atoms with Gasteiger partial charge < -0.3 is 10.1 Å². The van der Waals surface area contributed by atoms with E-state index in [1.165, 1.54) is 12.1 Å². The molecule has 4 nitrogen and oxygen atoms in total. The molecule has 0 aliphatic heterocycles. The summed E-state index contributed by atoms with van der Waals surface area (Å²) in [5, 5.41) is 2.52. The Bertz CT molecular complexity index is 736. The molecule has 0 heterocycles. The predicted molar refractivity (Wildman–Crippen MR) is 86.0 cm³/mol. The van der Waals surface area contributed by atoms with Crippen LogP contribution < -0.4 is 5.32 Å². The molecule has 1 N–H and O–H groups in total. The van der Waals surface area contributed by atoms with E-state index < -0.39 is 24.3 Å². The number of hydrogen-bond acceptors (Lipinski definition) is 3. The fraction of sp³-hybridized carbons (Fsp3) is 0.222. The first-order chi connectivity index (χ1) is 10.8. The van der Waals surface area contributed by atoms with E-state index in [4.69, 9.17) is 4.74 Å². The van der Waals surface area contributed by atoms with Crippen molar-refractivity contribution in [1.82, 2.24) is 0 Å². The number of amides is 1. The van der Waals surface area contributed by atoms with Gasteiger partial charge in [0, 0.05) is 5.69 Å². The predicted octanol–water partition coefficient (Wildman–Crippen LogP) is 3.55. The zero-order chi connectivity index (χ0) is 17.0. The second-order valence-electron chi connectivity index (χ2n) is 5.46. The van der Waals surface area contributed by atoms with Crippen molar-refractivity contribution in [2.24, 2.45) is 0 Å². The molecule has 0 saturated heterocycles. The number of rotatable bonds is 4. The lowest BCUT2D eigenvalue weighted by atomic mass is 10.1. The van der Waals surface area contributed by atoms with Gasteiger partial charge in [-0.3, -0.25) is 4.79 Å². The average molecular weight is 315 g/mol. The smallest absolute Gasteiger partial charge is 0.338 e. The molecule has 0 fully saturated rings. The largest absolute Gasteiger partial charge is 0.452 e. The quantitative estimate of drug-likeness (QED) is 0.878. The van der Waals surface area contributed by atoms with E-state index in [1.54, 1.807) is 25.1 Å². The molecule has 0 bridgehead atoms. The van der Waals surface area contributed by atoms with Crippen LogP contribution in [0.2, 0.25) is 0 Å². The molecule has 0 radical (unpaired) electrons. The molecule has 1 amide bonds. The number of anilines is 1. The Morgan fingerprint density at radius 1 is 1.04 bits per heavy atom. The maximum absolute atomic E-state index is 13.2. The van der Waals surface area contributed by atoms with Gasteiger partial charge >= 0.3 is 5.97 Å². The fourth-order valence-corrected chi connectivity index (χ4v) is 2.22. The maximum Gasteiger partial charge on any atom is 0.338 e. The zero-order valence-electron chi connectivity index (χ0n) is 13.3. The Balaban J connectivity index is 1.96. The summed E-state index contributed by atoms with van der Waals surface area (Å²) in [4.78, 5) is 23.8. The third kappa shape index (κ3) is 4.64. The SMILES string of the molecule is Cc1cc(C)cc(C(=O)OCC(=O)Nc2cc(F)ccc2C)c1. The lowest BCUT2D eigenvalue weighted by Crippen LogP contribution is -2.21. The van der Waals surface area contributed by atoms with Crippen LogP contribution in [0.3, 0.4) is 0 Å². The van der Waals surface area contributed by atoms with E-state index in [0.29, 0.717) is 11.3 Å². The Morgan fingerprint density at radius 2 is 1.70 bits per heavy atom. The van der Waals surface area contributed by atoms with Crippen LogP contribution >= 0.6 is 0 Å². The number of carbonyl (C=O) groups excluding carboxylic acids is 2. The minimum atomic E-state index is -0.567. The normalized spacial score (nSPS) is 10.3. The van der Waals surface area contributed by atoms with Crippen LogP contribution in [0.1, 0.15) is 27.0 Å². The number of ether oxygens (including phenoxy) is 1. The maximum atomic E-state index is 13.2. The van der Waals surface area contributed by atoms with Gasteiger partial charge in [0.25, 0.3) is 5.91 Å². The van der Waals surface area contributed by atoms with E-state index in [-0.39, 0.29) is 0 Å². The second-order valence-corrected chi connectivity index (χ2v) is 5.46. The highest BCUT2D eigenvalue weighted by Crippen LogP contribution is 2.16. The molecule has 5 heteroatoms. The van der Waals surface area contributed by atoms with Crippen molar-refractivity contribution in [3.8, 4) is 0 Å². The molecule has 2 aromatic carbocycles. The highest BCUT2D eigenvalue weighted by Gasteiger charge is 2.12. The molecule has 0 aliphatic carbocycles. The van der Waals surface area contributed by atoms with Crippen LogP contribution in [0.25, 0.3) is 0 Å². The van der Waals surface area contributed by atoms with Crippen molar-refractivity contribution in [1.29, 1.82) is 0 Å².